The third-order valence-corrected chi connectivity index (χ3v) is 2.26. The number of carboxylic acids is 1. The summed E-state index contributed by atoms with van der Waals surface area (Å²) in [5.74, 6) is -1.32. The van der Waals surface area contributed by atoms with Crippen LogP contribution in [0.4, 0.5) is 0 Å². The van der Waals surface area contributed by atoms with Gasteiger partial charge in [-0.25, -0.2) is 0 Å². The van der Waals surface area contributed by atoms with Gasteiger partial charge in [0.05, 0.1) is 5.41 Å². The van der Waals surface area contributed by atoms with E-state index < -0.39 is 11.4 Å². The van der Waals surface area contributed by atoms with Crippen molar-refractivity contribution in [3.63, 3.8) is 0 Å². The van der Waals surface area contributed by atoms with Crippen molar-refractivity contribution in [3.05, 3.63) is 23.8 Å². The highest BCUT2D eigenvalue weighted by Gasteiger charge is 2.27. The van der Waals surface area contributed by atoms with E-state index in [1.165, 1.54) is 12.1 Å². The van der Waals surface area contributed by atoms with Gasteiger partial charge in [0.25, 0.3) is 0 Å². The summed E-state index contributed by atoms with van der Waals surface area (Å²) in [5.41, 5.74) is -0.207. The second-order valence-electron chi connectivity index (χ2n) is 4.19. The van der Waals surface area contributed by atoms with Crippen LogP contribution < -0.4 is 0 Å². The highest BCUT2D eigenvalue weighted by Crippen LogP contribution is 2.29. The highest BCUT2D eigenvalue weighted by molar-refractivity contribution is 5.74. The summed E-state index contributed by atoms with van der Waals surface area (Å²) < 4.78 is 0. The first-order valence-electron chi connectivity index (χ1n) is 4.57. The van der Waals surface area contributed by atoms with Crippen LogP contribution in [0.2, 0.25) is 0 Å². The number of phenolic OH excluding ortho intramolecular Hbond substituents is 2. The second-order valence-corrected chi connectivity index (χ2v) is 4.19. The zero-order valence-electron chi connectivity index (χ0n) is 8.69. The van der Waals surface area contributed by atoms with Gasteiger partial charge in [-0.1, -0.05) is 6.07 Å². The summed E-state index contributed by atoms with van der Waals surface area (Å²) >= 11 is 0. The van der Waals surface area contributed by atoms with E-state index in [1.807, 2.05) is 0 Å². The lowest BCUT2D eigenvalue weighted by Crippen LogP contribution is -2.26. The van der Waals surface area contributed by atoms with E-state index in [0.717, 1.165) is 0 Å². The van der Waals surface area contributed by atoms with Crippen LogP contribution in [-0.4, -0.2) is 21.3 Å². The van der Waals surface area contributed by atoms with Crippen molar-refractivity contribution in [2.24, 2.45) is 5.41 Å². The van der Waals surface area contributed by atoms with Crippen molar-refractivity contribution in [1.29, 1.82) is 0 Å². The fraction of sp³-hybridized carbons (Fsp3) is 0.364. The van der Waals surface area contributed by atoms with Crippen molar-refractivity contribution in [3.8, 4) is 11.5 Å². The van der Waals surface area contributed by atoms with Crippen molar-refractivity contribution in [2.75, 3.05) is 0 Å². The molecular weight excluding hydrogens is 196 g/mol. The van der Waals surface area contributed by atoms with E-state index in [9.17, 15) is 9.90 Å². The molecule has 82 valence electrons. The maximum atomic E-state index is 10.9. The van der Waals surface area contributed by atoms with Gasteiger partial charge in [0.2, 0.25) is 0 Å². The molecule has 0 aliphatic carbocycles. The molecule has 3 N–H and O–H groups in total. The van der Waals surface area contributed by atoms with E-state index in [0.29, 0.717) is 12.0 Å². The maximum Gasteiger partial charge on any atom is 0.309 e. The van der Waals surface area contributed by atoms with E-state index in [1.54, 1.807) is 19.9 Å². The Morgan fingerprint density at radius 2 is 1.87 bits per heavy atom. The lowest BCUT2D eigenvalue weighted by molar-refractivity contribution is -0.146. The van der Waals surface area contributed by atoms with Crippen LogP contribution in [0.5, 0.6) is 11.5 Å². The second kappa shape index (κ2) is 3.81. The van der Waals surface area contributed by atoms with Crippen LogP contribution in [0.25, 0.3) is 0 Å². The van der Waals surface area contributed by atoms with E-state index >= 15 is 0 Å². The molecule has 0 unspecified atom stereocenters. The highest BCUT2D eigenvalue weighted by atomic mass is 16.4. The summed E-state index contributed by atoms with van der Waals surface area (Å²) in [4.78, 5) is 10.9. The lowest BCUT2D eigenvalue weighted by atomic mass is 9.86. The Balaban J connectivity index is 2.91. The molecule has 0 aliphatic heterocycles. The monoisotopic (exact) mass is 210 g/mol. The number of phenols is 2. The summed E-state index contributed by atoms with van der Waals surface area (Å²) in [6.45, 7) is 3.22. The van der Waals surface area contributed by atoms with Crippen molar-refractivity contribution in [1.82, 2.24) is 0 Å². The number of rotatable bonds is 3. The van der Waals surface area contributed by atoms with Crippen LogP contribution in [-0.2, 0) is 11.2 Å². The minimum Gasteiger partial charge on any atom is -0.504 e. The molecule has 1 aromatic rings. The van der Waals surface area contributed by atoms with Crippen LogP contribution in [0.1, 0.15) is 19.4 Å². The average molecular weight is 210 g/mol. The zero-order chi connectivity index (χ0) is 11.6. The van der Waals surface area contributed by atoms with Crippen LogP contribution >= 0.6 is 0 Å². The van der Waals surface area contributed by atoms with Gasteiger partial charge < -0.3 is 15.3 Å². The van der Waals surface area contributed by atoms with Gasteiger partial charge in [0, 0.05) is 0 Å². The Labute approximate surface area is 87.8 Å². The summed E-state index contributed by atoms with van der Waals surface area (Å²) in [5, 5.41) is 27.2. The third-order valence-electron chi connectivity index (χ3n) is 2.26. The molecule has 0 aliphatic rings. The molecular formula is C11H14O4. The minimum atomic E-state index is -0.893. The first-order chi connectivity index (χ1) is 6.83. The van der Waals surface area contributed by atoms with Gasteiger partial charge in [-0.3, -0.25) is 4.79 Å². The molecule has 0 heterocycles. The maximum absolute atomic E-state index is 10.9. The van der Waals surface area contributed by atoms with E-state index in [2.05, 4.69) is 0 Å². The molecule has 0 atom stereocenters. The number of hydrogen-bond donors (Lipinski definition) is 3. The Kier molecular flexibility index (Phi) is 2.88. The first-order valence-corrected chi connectivity index (χ1v) is 4.57. The van der Waals surface area contributed by atoms with Gasteiger partial charge in [-0.15, -0.1) is 0 Å². The normalized spacial score (nSPS) is 11.3. The number of aromatic hydroxyl groups is 2. The summed E-state index contributed by atoms with van der Waals surface area (Å²) in [6, 6.07) is 4.32. The van der Waals surface area contributed by atoms with Crippen molar-refractivity contribution in [2.45, 2.75) is 20.3 Å². The van der Waals surface area contributed by atoms with E-state index in [-0.39, 0.29) is 11.5 Å². The quantitative estimate of drug-likeness (QED) is 0.664. The van der Waals surface area contributed by atoms with Crippen LogP contribution in [0.3, 0.4) is 0 Å². The SMILES string of the molecule is CC(C)(Cc1ccc(O)c(O)c1)C(=O)O. The number of benzene rings is 1. The van der Waals surface area contributed by atoms with Crippen molar-refractivity contribution >= 4 is 5.97 Å². The Morgan fingerprint density at radius 1 is 1.27 bits per heavy atom. The third kappa shape index (κ3) is 2.62. The molecule has 0 spiro atoms. The molecule has 0 bridgehead atoms. The molecule has 4 nitrogen and oxygen atoms in total. The fourth-order valence-electron chi connectivity index (χ4n) is 1.26. The van der Waals surface area contributed by atoms with Crippen LogP contribution in [0.15, 0.2) is 18.2 Å². The summed E-state index contributed by atoms with van der Waals surface area (Å²) in [7, 11) is 0. The topological polar surface area (TPSA) is 77.8 Å². The molecule has 0 saturated carbocycles. The molecule has 0 aromatic heterocycles. The molecule has 4 heteroatoms. The lowest BCUT2D eigenvalue weighted by Gasteiger charge is -2.19. The van der Waals surface area contributed by atoms with Gasteiger partial charge in [0.1, 0.15) is 0 Å². The van der Waals surface area contributed by atoms with Gasteiger partial charge >= 0.3 is 5.97 Å². The number of aliphatic carboxylic acids is 1. The smallest absolute Gasteiger partial charge is 0.309 e. The standard InChI is InChI=1S/C11H14O4/c1-11(2,10(14)15)6-7-3-4-8(12)9(13)5-7/h3-5,12-13H,6H2,1-2H3,(H,14,15). The predicted octanol–water partition coefficient (Wildman–Crippen LogP) is 1.75. The fourth-order valence-corrected chi connectivity index (χ4v) is 1.26. The largest absolute Gasteiger partial charge is 0.504 e. The molecule has 0 amide bonds. The predicted molar refractivity (Wildman–Crippen MR) is 54.9 cm³/mol. The van der Waals surface area contributed by atoms with Gasteiger partial charge in [-0.2, -0.15) is 0 Å². The number of carbonyl (C=O) groups is 1. The van der Waals surface area contributed by atoms with Gasteiger partial charge in [-0.05, 0) is 38.0 Å². The Bertz CT molecular complexity index is 382. The Morgan fingerprint density at radius 3 is 2.33 bits per heavy atom. The molecule has 0 saturated heterocycles. The zero-order valence-corrected chi connectivity index (χ0v) is 8.69. The molecule has 1 aromatic carbocycles. The molecule has 0 radical (unpaired) electrons. The van der Waals surface area contributed by atoms with Crippen LogP contribution in [0, 0.1) is 5.41 Å². The van der Waals surface area contributed by atoms with E-state index in [4.69, 9.17) is 10.2 Å². The molecule has 0 fully saturated rings. The number of hydrogen-bond acceptors (Lipinski definition) is 3. The Hall–Kier alpha value is -1.71. The molecule has 1 rings (SSSR count). The minimum absolute atomic E-state index is 0.202. The first kappa shape index (κ1) is 11.4. The van der Waals surface area contributed by atoms with Gasteiger partial charge in [0.15, 0.2) is 11.5 Å². The number of carboxylic acid groups (broad SMARTS) is 1. The summed E-state index contributed by atoms with van der Waals surface area (Å²) in [6.07, 6.45) is 0.302. The van der Waals surface area contributed by atoms with Crippen molar-refractivity contribution < 1.29 is 20.1 Å². The molecule has 15 heavy (non-hydrogen) atoms. The average Bonchev–Trinajstić information content (AvgIpc) is 2.10.